The van der Waals surface area contributed by atoms with Crippen molar-refractivity contribution in [2.45, 2.75) is 26.2 Å². The average Bonchev–Trinajstić information content (AvgIpc) is 2.53. The molecule has 128 valence electrons. The lowest BCUT2D eigenvalue weighted by Crippen LogP contribution is -2.28. The summed E-state index contributed by atoms with van der Waals surface area (Å²) in [5, 5.41) is 6.37. The number of amides is 1. The van der Waals surface area contributed by atoms with Gasteiger partial charge in [0.25, 0.3) is 0 Å². The van der Waals surface area contributed by atoms with Crippen molar-refractivity contribution < 1.29 is 19.1 Å². The van der Waals surface area contributed by atoms with Gasteiger partial charge in [0.05, 0.1) is 25.8 Å². The number of ether oxygens (including phenoxy) is 2. The van der Waals surface area contributed by atoms with E-state index in [1.54, 1.807) is 25.3 Å². The molecule has 1 rings (SSSR count). The monoisotopic (exact) mass is 342 g/mol. The van der Waals surface area contributed by atoms with Crippen LogP contribution in [0.15, 0.2) is 18.2 Å². The van der Waals surface area contributed by atoms with E-state index in [4.69, 9.17) is 21.1 Å². The molecule has 2 N–H and O–H groups in total. The highest BCUT2D eigenvalue weighted by Gasteiger charge is 2.07. The summed E-state index contributed by atoms with van der Waals surface area (Å²) in [4.78, 5) is 23.0. The van der Waals surface area contributed by atoms with E-state index in [1.165, 1.54) is 0 Å². The van der Waals surface area contributed by atoms with E-state index < -0.39 is 0 Å². The van der Waals surface area contributed by atoms with E-state index in [2.05, 4.69) is 10.6 Å². The summed E-state index contributed by atoms with van der Waals surface area (Å²) in [6.07, 6.45) is 1.25. The quantitative estimate of drug-likeness (QED) is 0.639. The van der Waals surface area contributed by atoms with Crippen molar-refractivity contribution in [3.05, 3.63) is 23.2 Å². The van der Waals surface area contributed by atoms with Crippen LogP contribution < -0.4 is 15.4 Å². The van der Waals surface area contributed by atoms with E-state index in [0.29, 0.717) is 23.9 Å². The number of halogens is 1. The lowest BCUT2D eigenvalue weighted by atomic mass is 10.2. The number of nitrogens with one attached hydrogen (secondary N) is 2. The minimum Gasteiger partial charge on any atom is -0.495 e. The first kappa shape index (κ1) is 19.1. The molecule has 0 atom stereocenters. The van der Waals surface area contributed by atoms with Crippen molar-refractivity contribution in [2.75, 3.05) is 32.1 Å². The minimum absolute atomic E-state index is 0.137. The summed E-state index contributed by atoms with van der Waals surface area (Å²) in [5.41, 5.74) is 0.732. The highest BCUT2D eigenvalue weighted by atomic mass is 35.5. The maximum absolute atomic E-state index is 11.7. The van der Waals surface area contributed by atoms with Gasteiger partial charge in [-0.3, -0.25) is 9.59 Å². The number of rotatable bonds is 10. The highest BCUT2D eigenvalue weighted by molar-refractivity contribution is 6.30. The SMILES string of the molecule is CCCOC(=O)CCNC(=O)CCNc1cc(Cl)ccc1OC. The third kappa shape index (κ3) is 7.74. The maximum Gasteiger partial charge on any atom is 0.307 e. The molecule has 0 radical (unpaired) electrons. The molecule has 0 aliphatic rings. The second-order valence-corrected chi connectivity index (χ2v) is 5.28. The molecule has 6 nitrogen and oxygen atoms in total. The van der Waals surface area contributed by atoms with Gasteiger partial charge in [-0.15, -0.1) is 0 Å². The Morgan fingerprint density at radius 1 is 1.22 bits per heavy atom. The van der Waals surface area contributed by atoms with Crippen LogP contribution in [0.2, 0.25) is 5.02 Å². The van der Waals surface area contributed by atoms with Gasteiger partial charge in [0, 0.05) is 24.5 Å². The predicted molar refractivity (Wildman–Crippen MR) is 90.0 cm³/mol. The number of hydrogen-bond donors (Lipinski definition) is 2. The van der Waals surface area contributed by atoms with Crippen LogP contribution >= 0.6 is 11.6 Å². The van der Waals surface area contributed by atoms with Crippen LogP contribution in [0.3, 0.4) is 0 Å². The summed E-state index contributed by atoms with van der Waals surface area (Å²) in [6.45, 7) is 3.06. The van der Waals surface area contributed by atoms with Crippen LogP contribution in [0.25, 0.3) is 0 Å². The molecule has 23 heavy (non-hydrogen) atoms. The molecule has 0 unspecified atom stereocenters. The van der Waals surface area contributed by atoms with Gasteiger partial charge in [0.2, 0.25) is 5.91 Å². The van der Waals surface area contributed by atoms with Crippen molar-refractivity contribution in [3.8, 4) is 5.75 Å². The van der Waals surface area contributed by atoms with Gasteiger partial charge in [-0.1, -0.05) is 18.5 Å². The molecule has 0 spiro atoms. The van der Waals surface area contributed by atoms with Gasteiger partial charge in [-0.05, 0) is 24.6 Å². The van der Waals surface area contributed by atoms with Crippen LogP contribution in [-0.2, 0) is 14.3 Å². The maximum atomic E-state index is 11.7. The van der Waals surface area contributed by atoms with Crippen LogP contribution in [0, 0.1) is 0 Å². The highest BCUT2D eigenvalue weighted by Crippen LogP contribution is 2.27. The molecule has 0 heterocycles. The lowest BCUT2D eigenvalue weighted by Gasteiger charge is -2.11. The second-order valence-electron chi connectivity index (χ2n) is 4.84. The van der Waals surface area contributed by atoms with E-state index in [1.807, 2.05) is 6.92 Å². The molecule has 0 fully saturated rings. The van der Waals surface area contributed by atoms with E-state index >= 15 is 0 Å². The molecular weight excluding hydrogens is 320 g/mol. The summed E-state index contributed by atoms with van der Waals surface area (Å²) in [6, 6.07) is 5.23. The molecule has 1 aromatic rings. The molecule has 0 aromatic heterocycles. The van der Waals surface area contributed by atoms with Crippen LogP contribution in [0.4, 0.5) is 5.69 Å². The molecule has 0 aliphatic heterocycles. The van der Waals surface area contributed by atoms with Gasteiger partial charge in [0.15, 0.2) is 0 Å². The standard InChI is InChI=1S/C16H23ClN2O4/c1-3-10-23-16(21)7-9-19-15(20)6-8-18-13-11-12(17)4-5-14(13)22-2/h4-5,11,18H,3,6-10H2,1-2H3,(H,19,20). The number of methoxy groups -OCH3 is 1. The van der Waals surface area contributed by atoms with Gasteiger partial charge in [-0.25, -0.2) is 0 Å². The first-order chi connectivity index (χ1) is 11.1. The zero-order valence-electron chi connectivity index (χ0n) is 13.5. The molecule has 7 heteroatoms. The van der Waals surface area contributed by atoms with E-state index in [0.717, 1.165) is 12.1 Å². The van der Waals surface area contributed by atoms with Crippen LogP contribution in [-0.4, -0.2) is 38.7 Å². The Balaban J connectivity index is 2.24. The second kappa shape index (κ2) is 10.7. The van der Waals surface area contributed by atoms with Gasteiger partial charge >= 0.3 is 5.97 Å². The van der Waals surface area contributed by atoms with E-state index in [-0.39, 0.29) is 31.3 Å². The van der Waals surface area contributed by atoms with Crippen LogP contribution in [0.1, 0.15) is 26.2 Å². The number of carbonyl (C=O) groups excluding carboxylic acids is 2. The molecule has 1 aromatic carbocycles. The summed E-state index contributed by atoms with van der Waals surface area (Å²) in [7, 11) is 1.57. The Hall–Kier alpha value is -1.95. The number of hydrogen-bond acceptors (Lipinski definition) is 5. The fourth-order valence-electron chi connectivity index (χ4n) is 1.81. The third-order valence-electron chi connectivity index (χ3n) is 2.95. The number of carbonyl (C=O) groups is 2. The van der Waals surface area contributed by atoms with Crippen molar-refractivity contribution in [1.29, 1.82) is 0 Å². The van der Waals surface area contributed by atoms with Crippen molar-refractivity contribution in [2.24, 2.45) is 0 Å². The molecule has 1 amide bonds. The predicted octanol–water partition coefficient (Wildman–Crippen LogP) is 2.61. The summed E-state index contributed by atoms with van der Waals surface area (Å²) in [5.74, 6) is 0.226. The van der Waals surface area contributed by atoms with E-state index in [9.17, 15) is 9.59 Å². The Kier molecular flexibility index (Phi) is 8.90. The van der Waals surface area contributed by atoms with Gasteiger partial charge in [-0.2, -0.15) is 0 Å². The zero-order valence-corrected chi connectivity index (χ0v) is 14.2. The summed E-state index contributed by atoms with van der Waals surface area (Å²) < 4.78 is 10.1. The first-order valence-electron chi connectivity index (χ1n) is 7.56. The number of anilines is 1. The Labute approximate surface area is 141 Å². The Morgan fingerprint density at radius 3 is 2.70 bits per heavy atom. The zero-order chi connectivity index (χ0) is 17.1. The molecule has 0 saturated heterocycles. The minimum atomic E-state index is -0.297. The first-order valence-corrected chi connectivity index (χ1v) is 7.94. The largest absolute Gasteiger partial charge is 0.495 e. The lowest BCUT2D eigenvalue weighted by molar-refractivity contribution is -0.143. The van der Waals surface area contributed by atoms with Gasteiger partial charge < -0.3 is 20.1 Å². The fraction of sp³-hybridized carbons (Fsp3) is 0.500. The molecule has 0 aliphatic carbocycles. The average molecular weight is 343 g/mol. The van der Waals surface area contributed by atoms with Crippen LogP contribution in [0.5, 0.6) is 5.75 Å². The summed E-state index contributed by atoms with van der Waals surface area (Å²) >= 11 is 5.93. The normalized spacial score (nSPS) is 10.0. The number of esters is 1. The number of benzene rings is 1. The topological polar surface area (TPSA) is 76.7 Å². The van der Waals surface area contributed by atoms with Crippen molar-refractivity contribution >= 4 is 29.2 Å². The van der Waals surface area contributed by atoms with Crippen molar-refractivity contribution in [3.63, 3.8) is 0 Å². The Morgan fingerprint density at radius 2 is 2.00 bits per heavy atom. The van der Waals surface area contributed by atoms with Gasteiger partial charge in [0.1, 0.15) is 5.75 Å². The molecule has 0 bridgehead atoms. The smallest absolute Gasteiger partial charge is 0.307 e. The molecular formula is C16H23ClN2O4. The molecule has 0 saturated carbocycles. The van der Waals surface area contributed by atoms with Crippen molar-refractivity contribution in [1.82, 2.24) is 5.32 Å². The third-order valence-corrected chi connectivity index (χ3v) is 3.18. The fourth-order valence-corrected chi connectivity index (χ4v) is 1.98. The Bertz CT molecular complexity index is 523.